The fourth-order valence-corrected chi connectivity index (χ4v) is 2.86. The zero-order valence-corrected chi connectivity index (χ0v) is 14.7. The van der Waals surface area contributed by atoms with Crippen molar-refractivity contribution in [2.45, 2.75) is 13.8 Å². The Morgan fingerprint density at radius 1 is 0.960 bits per heavy atom. The number of anilines is 2. The number of amides is 1. The molecule has 0 bridgehead atoms. The molecule has 8 heteroatoms. The molecule has 0 aliphatic carbocycles. The van der Waals surface area contributed by atoms with Crippen molar-refractivity contribution in [1.29, 1.82) is 0 Å². The van der Waals surface area contributed by atoms with Crippen molar-refractivity contribution >= 4 is 17.7 Å². The minimum Gasteiger partial charge on any atom is -0.352 e. The largest absolute Gasteiger partial charge is 0.352 e. The molecule has 0 N–H and O–H groups in total. The van der Waals surface area contributed by atoms with Crippen LogP contribution >= 0.6 is 0 Å². The van der Waals surface area contributed by atoms with Crippen molar-refractivity contribution in [3.8, 4) is 0 Å². The Labute approximate surface area is 147 Å². The first kappa shape index (κ1) is 17.1. The molecule has 1 amide bonds. The zero-order chi connectivity index (χ0) is 17.6. The predicted octanol–water partition coefficient (Wildman–Crippen LogP) is 1.08. The van der Waals surface area contributed by atoms with Crippen LogP contribution < -0.4 is 9.80 Å². The van der Waals surface area contributed by atoms with Crippen LogP contribution in [0, 0.1) is 0 Å². The van der Waals surface area contributed by atoms with Gasteiger partial charge in [0.1, 0.15) is 11.5 Å². The Hall–Kier alpha value is -2.77. The molecule has 0 saturated carbocycles. The molecule has 1 aliphatic heterocycles. The monoisotopic (exact) mass is 341 g/mol. The van der Waals surface area contributed by atoms with E-state index in [1.807, 2.05) is 19.9 Å². The van der Waals surface area contributed by atoms with Gasteiger partial charge in [-0.2, -0.15) is 0 Å². The molecule has 1 saturated heterocycles. The van der Waals surface area contributed by atoms with Crippen LogP contribution in [0.3, 0.4) is 0 Å². The van der Waals surface area contributed by atoms with Crippen LogP contribution in [0.15, 0.2) is 30.9 Å². The lowest BCUT2D eigenvalue weighted by Crippen LogP contribution is -2.47. The zero-order valence-electron chi connectivity index (χ0n) is 14.7. The summed E-state index contributed by atoms with van der Waals surface area (Å²) in [5, 5.41) is 0. The number of rotatable bonds is 5. The topological polar surface area (TPSA) is 78.4 Å². The number of carbonyl (C=O) groups is 1. The predicted molar refractivity (Wildman–Crippen MR) is 95.7 cm³/mol. The lowest BCUT2D eigenvalue weighted by atomic mass is 10.3. The molecule has 1 aliphatic rings. The molecule has 0 radical (unpaired) electrons. The normalized spacial score (nSPS) is 14.5. The van der Waals surface area contributed by atoms with E-state index in [-0.39, 0.29) is 5.91 Å². The molecule has 132 valence electrons. The van der Waals surface area contributed by atoms with E-state index in [4.69, 9.17) is 0 Å². The highest BCUT2D eigenvalue weighted by Crippen LogP contribution is 2.15. The maximum absolute atomic E-state index is 12.3. The van der Waals surface area contributed by atoms with E-state index in [1.54, 1.807) is 29.7 Å². The van der Waals surface area contributed by atoms with E-state index in [0.29, 0.717) is 18.8 Å². The van der Waals surface area contributed by atoms with E-state index in [9.17, 15) is 4.79 Å². The average Bonchev–Trinajstić information content (AvgIpc) is 2.70. The molecule has 0 unspecified atom stereocenters. The van der Waals surface area contributed by atoms with Gasteiger partial charge in [-0.15, -0.1) is 0 Å². The summed E-state index contributed by atoms with van der Waals surface area (Å²) in [7, 11) is 0. The standard InChI is InChI=1S/C17H23N7O/c1-3-22(4-2)16(25)14-12-21-15(13-20-14)23-8-10-24(11-9-23)17-18-6-5-7-19-17/h5-7,12-13H,3-4,8-11H2,1-2H3. The highest BCUT2D eigenvalue weighted by molar-refractivity contribution is 5.92. The number of aromatic nitrogens is 4. The molecule has 0 atom stereocenters. The summed E-state index contributed by atoms with van der Waals surface area (Å²) in [6.45, 7) is 8.53. The maximum Gasteiger partial charge on any atom is 0.274 e. The molecular formula is C17H23N7O. The Kier molecular flexibility index (Phi) is 5.37. The molecule has 2 aromatic heterocycles. The second kappa shape index (κ2) is 7.87. The molecule has 3 rings (SSSR count). The summed E-state index contributed by atoms with van der Waals surface area (Å²) in [5.41, 5.74) is 0.392. The molecule has 0 aromatic carbocycles. The molecule has 1 fully saturated rings. The van der Waals surface area contributed by atoms with Gasteiger partial charge in [-0.05, 0) is 19.9 Å². The van der Waals surface area contributed by atoms with E-state index in [2.05, 4.69) is 29.7 Å². The van der Waals surface area contributed by atoms with E-state index in [1.165, 1.54) is 0 Å². The Balaban J connectivity index is 1.61. The lowest BCUT2D eigenvalue weighted by molar-refractivity contribution is 0.0766. The van der Waals surface area contributed by atoms with Crippen molar-refractivity contribution < 1.29 is 4.79 Å². The molecular weight excluding hydrogens is 318 g/mol. The Morgan fingerprint density at radius 3 is 2.16 bits per heavy atom. The lowest BCUT2D eigenvalue weighted by Gasteiger charge is -2.35. The van der Waals surface area contributed by atoms with Crippen molar-refractivity contribution in [1.82, 2.24) is 24.8 Å². The molecule has 0 spiro atoms. The van der Waals surface area contributed by atoms with Crippen molar-refractivity contribution in [2.24, 2.45) is 0 Å². The summed E-state index contributed by atoms with van der Waals surface area (Å²) < 4.78 is 0. The van der Waals surface area contributed by atoms with Crippen LogP contribution in [-0.2, 0) is 0 Å². The highest BCUT2D eigenvalue weighted by Gasteiger charge is 2.21. The van der Waals surface area contributed by atoms with Gasteiger partial charge in [0.05, 0.1) is 12.4 Å². The Morgan fingerprint density at radius 2 is 1.60 bits per heavy atom. The first-order valence-electron chi connectivity index (χ1n) is 8.61. The highest BCUT2D eigenvalue weighted by atomic mass is 16.2. The molecule has 2 aromatic rings. The van der Waals surface area contributed by atoms with Crippen LogP contribution in [0.5, 0.6) is 0 Å². The average molecular weight is 341 g/mol. The van der Waals surface area contributed by atoms with Crippen molar-refractivity contribution in [3.63, 3.8) is 0 Å². The number of carbonyl (C=O) groups excluding carboxylic acids is 1. The van der Waals surface area contributed by atoms with Gasteiger partial charge in [-0.1, -0.05) is 0 Å². The van der Waals surface area contributed by atoms with Gasteiger partial charge < -0.3 is 14.7 Å². The van der Waals surface area contributed by atoms with Crippen LogP contribution in [0.2, 0.25) is 0 Å². The SMILES string of the molecule is CCN(CC)C(=O)c1cnc(N2CCN(c3ncccn3)CC2)cn1. The van der Waals surface area contributed by atoms with Crippen LogP contribution in [0.4, 0.5) is 11.8 Å². The number of piperazine rings is 1. The third-order valence-corrected chi connectivity index (χ3v) is 4.35. The van der Waals surface area contributed by atoms with Gasteiger partial charge >= 0.3 is 0 Å². The maximum atomic E-state index is 12.3. The quantitative estimate of drug-likeness (QED) is 0.805. The molecule has 25 heavy (non-hydrogen) atoms. The van der Waals surface area contributed by atoms with Crippen LogP contribution in [0.1, 0.15) is 24.3 Å². The van der Waals surface area contributed by atoms with Crippen molar-refractivity contribution in [2.75, 3.05) is 49.1 Å². The van der Waals surface area contributed by atoms with E-state index >= 15 is 0 Å². The number of nitrogens with zero attached hydrogens (tertiary/aromatic N) is 7. The minimum atomic E-state index is -0.0740. The minimum absolute atomic E-state index is 0.0740. The van der Waals surface area contributed by atoms with Gasteiger partial charge in [0.25, 0.3) is 5.91 Å². The van der Waals surface area contributed by atoms with E-state index < -0.39 is 0 Å². The third-order valence-electron chi connectivity index (χ3n) is 4.35. The first-order valence-corrected chi connectivity index (χ1v) is 8.61. The number of hydrogen-bond acceptors (Lipinski definition) is 7. The van der Waals surface area contributed by atoms with Gasteiger partial charge in [0.2, 0.25) is 5.95 Å². The van der Waals surface area contributed by atoms with Gasteiger partial charge in [0.15, 0.2) is 0 Å². The molecule has 3 heterocycles. The smallest absolute Gasteiger partial charge is 0.274 e. The summed E-state index contributed by atoms with van der Waals surface area (Å²) >= 11 is 0. The third kappa shape index (κ3) is 3.84. The van der Waals surface area contributed by atoms with Crippen molar-refractivity contribution in [3.05, 3.63) is 36.5 Å². The summed E-state index contributed by atoms with van der Waals surface area (Å²) in [4.78, 5) is 35.7. The summed E-state index contributed by atoms with van der Waals surface area (Å²) in [6.07, 6.45) is 6.77. The van der Waals surface area contributed by atoms with Gasteiger partial charge in [-0.3, -0.25) is 4.79 Å². The second-order valence-electron chi connectivity index (χ2n) is 5.76. The second-order valence-corrected chi connectivity index (χ2v) is 5.76. The molecule has 8 nitrogen and oxygen atoms in total. The van der Waals surface area contributed by atoms with E-state index in [0.717, 1.165) is 37.9 Å². The fraction of sp³-hybridized carbons (Fsp3) is 0.471. The van der Waals surface area contributed by atoms with Crippen LogP contribution in [0.25, 0.3) is 0 Å². The summed E-state index contributed by atoms with van der Waals surface area (Å²) in [5.74, 6) is 1.48. The summed E-state index contributed by atoms with van der Waals surface area (Å²) in [6, 6.07) is 1.82. The fourth-order valence-electron chi connectivity index (χ4n) is 2.86. The Bertz CT molecular complexity index is 680. The number of hydrogen-bond donors (Lipinski definition) is 0. The first-order chi connectivity index (χ1) is 12.2. The van der Waals surface area contributed by atoms with Gasteiger partial charge in [-0.25, -0.2) is 19.9 Å². The van der Waals surface area contributed by atoms with Crippen LogP contribution in [-0.4, -0.2) is 70.0 Å². The van der Waals surface area contributed by atoms with Gasteiger partial charge in [0, 0.05) is 51.7 Å².